The lowest BCUT2D eigenvalue weighted by atomic mass is 10.1. The summed E-state index contributed by atoms with van der Waals surface area (Å²) in [6.45, 7) is -0.794. The van der Waals surface area contributed by atoms with Crippen molar-refractivity contribution in [2.45, 2.75) is 5.92 Å². The molecule has 2 N–H and O–H groups in total. The Hall–Kier alpha value is -3.30. The van der Waals surface area contributed by atoms with Crippen molar-refractivity contribution in [1.82, 2.24) is 20.2 Å². The highest BCUT2D eigenvalue weighted by molar-refractivity contribution is 5.66. The molecular weight excluding hydrogens is 361 g/mol. The fraction of sp³-hybridized carbons (Fsp3) is 0.235. The van der Waals surface area contributed by atoms with E-state index in [4.69, 9.17) is 4.74 Å². The molecule has 1 aliphatic heterocycles. The monoisotopic (exact) mass is 376 g/mol. The average molecular weight is 376 g/mol. The van der Waals surface area contributed by atoms with E-state index >= 15 is 0 Å². The van der Waals surface area contributed by atoms with Gasteiger partial charge in [-0.1, -0.05) is 0 Å². The van der Waals surface area contributed by atoms with Gasteiger partial charge >= 0.3 is 0 Å². The van der Waals surface area contributed by atoms with Gasteiger partial charge in [0.15, 0.2) is 17.4 Å². The highest BCUT2D eigenvalue weighted by Gasteiger charge is 2.45. The van der Waals surface area contributed by atoms with Crippen LogP contribution in [0.15, 0.2) is 36.5 Å². The molecule has 0 bridgehead atoms. The first-order chi connectivity index (χ1) is 12.9. The average Bonchev–Trinajstić information content (AvgIpc) is 3.08. The maximum Gasteiger partial charge on any atom is 0.282 e. The van der Waals surface area contributed by atoms with E-state index in [0.717, 1.165) is 0 Å². The van der Waals surface area contributed by atoms with Crippen molar-refractivity contribution < 1.29 is 17.9 Å². The van der Waals surface area contributed by atoms with Gasteiger partial charge in [0.2, 0.25) is 5.95 Å². The second-order valence-corrected chi connectivity index (χ2v) is 6.10. The summed E-state index contributed by atoms with van der Waals surface area (Å²) in [5, 5.41) is 9.88. The Balaban J connectivity index is 1.49. The van der Waals surface area contributed by atoms with Gasteiger partial charge in [0, 0.05) is 17.8 Å². The summed E-state index contributed by atoms with van der Waals surface area (Å²) < 4.78 is 44.8. The number of anilines is 3. The molecule has 0 aliphatic carbocycles. The van der Waals surface area contributed by atoms with Crippen LogP contribution in [0.4, 0.5) is 30.8 Å². The van der Waals surface area contributed by atoms with Crippen molar-refractivity contribution >= 4 is 17.6 Å². The number of alkyl halides is 2. The van der Waals surface area contributed by atoms with Gasteiger partial charge in [0.05, 0.1) is 25.9 Å². The van der Waals surface area contributed by atoms with Crippen molar-refractivity contribution in [3.05, 3.63) is 42.3 Å². The fourth-order valence-corrected chi connectivity index (χ4v) is 2.72. The van der Waals surface area contributed by atoms with Gasteiger partial charge in [-0.25, -0.2) is 18.2 Å². The molecule has 10 heteroatoms. The molecule has 1 saturated heterocycles. The summed E-state index contributed by atoms with van der Waals surface area (Å²) >= 11 is 0. The number of aromatic nitrogens is 4. The van der Waals surface area contributed by atoms with Crippen LogP contribution in [-0.2, 0) is 0 Å². The van der Waals surface area contributed by atoms with Crippen LogP contribution in [0.5, 0.6) is 5.75 Å². The smallest absolute Gasteiger partial charge is 0.282 e. The third-order valence-electron chi connectivity index (χ3n) is 4.07. The lowest BCUT2D eigenvalue weighted by molar-refractivity contribution is -0.0271. The SMILES string of the molecule is COc1ccc(-c2cc(Nc3ccnc(N4CC(F)(F)C4)n3)n[nH]2)cc1F. The zero-order chi connectivity index (χ0) is 19.0. The van der Waals surface area contributed by atoms with E-state index in [1.165, 1.54) is 30.3 Å². The third-order valence-corrected chi connectivity index (χ3v) is 4.07. The lowest BCUT2D eigenvalue weighted by Crippen LogP contribution is -2.57. The van der Waals surface area contributed by atoms with E-state index in [-0.39, 0.29) is 11.7 Å². The molecule has 0 atom stereocenters. The van der Waals surface area contributed by atoms with Crippen LogP contribution >= 0.6 is 0 Å². The van der Waals surface area contributed by atoms with Crippen molar-refractivity contribution in [1.29, 1.82) is 0 Å². The number of methoxy groups -OCH3 is 1. The Bertz CT molecular complexity index is 969. The molecule has 3 heterocycles. The maximum absolute atomic E-state index is 13.9. The summed E-state index contributed by atoms with van der Waals surface area (Å²) in [6.07, 6.45) is 1.48. The predicted octanol–water partition coefficient (Wildman–Crippen LogP) is 3.21. The Morgan fingerprint density at radius 3 is 2.70 bits per heavy atom. The molecule has 27 heavy (non-hydrogen) atoms. The summed E-state index contributed by atoms with van der Waals surface area (Å²) in [6, 6.07) is 7.84. The van der Waals surface area contributed by atoms with Crippen LogP contribution in [0.2, 0.25) is 0 Å². The topological polar surface area (TPSA) is 79.0 Å². The van der Waals surface area contributed by atoms with Crippen LogP contribution in [0.25, 0.3) is 11.3 Å². The summed E-state index contributed by atoms with van der Waals surface area (Å²) in [4.78, 5) is 9.61. The quantitative estimate of drug-likeness (QED) is 0.712. The van der Waals surface area contributed by atoms with Crippen molar-refractivity contribution in [3.63, 3.8) is 0 Å². The fourth-order valence-electron chi connectivity index (χ4n) is 2.72. The van der Waals surface area contributed by atoms with Crippen LogP contribution in [-0.4, -0.2) is 46.3 Å². The predicted molar refractivity (Wildman–Crippen MR) is 93.0 cm³/mol. The summed E-state index contributed by atoms with van der Waals surface area (Å²) in [5.74, 6) is -1.95. The summed E-state index contributed by atoms with van der Waals surface area (Å²) in [7, 11) is 1.40. The molecule has 0 amide bonds. The minimum Gasteiger partial charge on any atom is -0.494 e. The number of H-pyrrole nitrogens is 1. The van der Waals surface area contributed by atoms with Crippen LogP contribution in [0.3, 0.4) is 0 Å². The van der Waals surface area contributed by atoms with E-state index in [9.17, 15) is 13.2 Å². The van der Waals surface area contributed by atoms with Crippen molar-refractivity contribution in [3.8, 4) is 17.0 Å². The minimum atomic E-state index is -2.70. The Morgan fingerprint density at radius 1 is 1.19 bits per heavy atom. The van der Waals surface area contributed by atoms with E-state index in [1.807, 2.05) is 0 Å². The van der Waals surface area contributed by atoms with Gasteiger partial charge in [-0.3, -0.25) is 5.10 Å². The Labute approximate surface area is 152 Å². The number of nitrogens with zero attached hydrogens (tertiary/aromatic N) is 4. The molecule has 0 saturated carbocycles. The number of aromatic amines is 1. The normalized spacial score (nSPS) is 15.3. The van der Waals surface area contributed by atoms with Gasteiger partial charge in [-0.15, -0.1) is 0 Å². The molecule has 2 aromatic heterocycles. The van der Waals surface area contributed by atoms with Gasteiger partial charge in [-0.2, -0.15) is 10.1 Å². The summed E-state index contributed by atoms with van der Waals surface area (Å²) in [5.41, 5.74) is 1.19. The highest BCUT2D eigenvalue weighted by atomic mass is 19.3. The molecule has 140 valence electrons. The standard InChI is InChI=1S/C17H15F3N6O/c1-27-13-3-2-10(6-11(13)18)12-7-15(25-24-12)22-14-4-5-21-16(23-14)26-8-17(19,20)9-26/h2-7H,8-9H2,1H3,(H2,21,22,23,24,25). The first-order valence-electron chi connectivity index (χ1n) is 8.06. The molecule has 0 unspecified atom stereocenters. The Kier molecular flexibility index (Phi) is 4.09. The molecule has 0 radical (unpaired) electrons. The lowest BCUT2D eigenvalue weighted by Gasteiger charge is -2.38. The highest BCUT2D eigenvalue weighted by Crippen LogP contribution is 2.30. The Morgan fingerprint density at radius 2 is 2.00 bits per heavy atom. The number of halogens is 3. The molecule has 4 rings (SSSR count). The molecule has 1 aliphatic rings. The minimum absolute atomic E-state index is 0.154. The number of benzene rings is 1. The number of hydrogen-bond acceptors (Lipinski definition) is 6. The zero-order valence-electron chi connectivity index (χ0n) is 14.2. The molecule has 3 aromatic rings. The largest absolute Gasteiger partial charge is 0.494 e. The van der Waals surface area contributed by atoms with Gasteiger partial charge in [-0.05, 0) is 24.3 Å². The number of rotatable bonds is 5. The molecule has 1 fully saturated rings. The first-order valence-corrected chi connectivity index (χ1v) is 8.06. The number of nitrogens with one attached hydrogen (secondary N) is 2. The van der Waals surface area contributed by atoms with Gasteiger partial charge in [0.1, 0.15) is 5.82 Å². The number of hydrogen-bond donors (Lipinski definition) is 2. The third kappa shape index (κ3) is 3.50. The van der Waals surface area contributed by atoms with E-state index in [0.29, 0.717) is 22.9 Å². The van der Waals surface area contributed by atoms with Crippen LogP contribution in [0.1, 0.15) is 0 Å². The second kappa shape index (κ2) is 6.45. The van der Waals surface area contributed by atoms with E-state index < -0.39 is 24.8 Å². The molecule has 0 spiro atoms. The zero-order valence-corrected chi connectivity index (χ0v) is 14.2. The second-order valence-electron chi connectivity index (χ2n) is 6.10. The van der Waals surface area contributed by atoms with Gasteiger partial charge in [0.25, 0.3) is 5.92 Å². The molecular formula is C17H15F3N6O. The van der Waals surface area contributed by atoms with Crippen LogP contribution in [0, 0.1) is 5.82 Å². The first kappa shape index (κ1) is 17.1. The molecule has 7 nitrogen and oxygen atoms in total. The van der Waals surface area contributed by atoms with Crippen molar-refractivity contribution in [2.75, 3.05) is 30.4 Å². The van der Waals surface area contributed by atoms with E-state index in [1.54, 1.807) is 18.2 Å². The molecule has 1 aromatic carbocycles. The number of ether oxygens (including phenoxy) is 1. The maximum atomic E-state index is 13.9. The van der Waals surface area contributed by atoms with Crippen LogP contribution < -0.4 is 15.0 Å². The van der Waals surface area contributed by atoms with E-state index in [2.05, 4.69) is 25.5 Å². The van der Waals surface area contributed by atoms with Gasteiger partial charge < -0.3 is 15.0 Å². The van der Waals surface area contributed by atoms with Crippen molar-refractivity contribution in [2.24, 2.45) is 0 Å².